The zero-order chi connectivity index (χ0) is 15.5. The third kappa shape index (κ3) is 2.37. The number of hydrogen-bond acceptors (Lipinski definition) is 6. The molecule has 0 atom stereocenters. The quantitative estimate of drug-likeness (QED) is 0.538. The van der Waals surface area contributed by atoms with Crippen LogP contribution in [-0.4, -0.2) is 28.5 Å². The van der Waals surface area contributed by atoms with Crippen molar-refractivity contribution >= 4 is 28.4 Å². The maximum atomic E-state index is 7.18. The highest BCUT2D eigenvalue weighted by Gasteiger charge is 2.10. The zero-order valence-electron chi connectivity index (χ0n) is 12.4. The fourth-order valence-electron chi connectivity index (χ4n) is 2.39. The first-order valence-electron chi connectivity index (χ1n) is 7.04. The Morgan fingerprint density at radius 1 is 1.36 bits per heavy atom. The molecule has 0 saturated carbocycles. The molecule has 2 heterocycles. The lowest BCUT2D eigenvalue weighted by molar-refractivity contribution is 1.10. The summed E-state index contributed by atoms with van der Waals surface area (Å²) in [5.41, 5.74) is 11.4. The number of H-pyrrole nitrogens is 1. The standard InChI is InChI=1S/C15H17N7/c1-3-18-15-20-8-11-10(7-19-14(11)21-15)9-4-5-12(22-16)13(6-9)17-2/h4-8,16-17H,3H2,1-2H3,(H2,18,19,20,21). The molecule has 0 radical (unpaired) electrons. The van der Waals surface area contributed by atoms with Crippen molar-refractivity contribution in [3.05, 3.63) is 30.6 Å². The molecule has 4 N–H and O–H groups in total. The summed E-state index contributed by atoms with van der Waals surface area (Å²) < 4.78 is 0. The van der Waals surface area contributed by atoms with Gasteiger partial charge in [-0.3, -0.25) is 0 Å². The van der Waals surface area contributed by atoms with Crippen LogP contribution in [0.4, 0.5) is 17.3 Å². The largest absolute Gasteiger partial charge is 0.386 e. The minimum atomic E-state index is 0.608. The van der Waals surface area contributed by atoms with Gasteiger partial charge in [0.2, 0.25) is 5.95 Å². The molecule has 0 bridgehead atoms. The third-order valence-corrected chi connectivity index (χ3v) is 3.46. The highest BCUT2D eigenvalue weighted by molar-refractivity contribution is 5.94. The van der Waals surface area contributed by atoms with Crippen LogP contribution in [0.3, 0.4) is 0 Å². The van der Waals surface area contributed by atoms with E-state index in [1.54, 1.807) is 0 Å². The fraction of sp³-hybridized carbons (Fsp3) is 0.200. The van der Waals surface area contributed by atoms with Crippen LogP contribution in [0.5, 0.6) is 0 Å². The molecule has 0 unspecified atom stereocenters. The number of nitrogens with one attached hydrogen (secondary N) is 4. The number of hydrogen-bond donors (Lipinski definition) is 4. The molecule has 0 aliphatic heterocycles. The van der Waals surface area contributed by atoms with Gasteiger partial charge in [0, 0.05) is 36.9 Å². The van der Waals surface area contributed by atoms with E-state index in [1.807, 2.05) is 44.6 Å². The van der Waals surface area contributed by atoms with Gasteiger partial charge in [-0.05, 0) is 24.6 Å². The van der Waals surface area contributed by atoms with Crippen LogP contribution in [0.2, 0.25) is 0 Å². The van der Waals surface area contributed by atoms with Gasteiger partial charge in [-0.2, -0.15) is 10.1 Å². The average molecular weight is 295 g/mol. The van der Waals surface area contributed by atoms with Crippen molar-refractivity contribution in [3.63, 3.8) is 0 Å². The van der Waals surface area contributed by atoms with Crippen LogP contribution in [0, 0.1) is 5.53 Å². The number of anilines is 2. The van der Waals surface area contributed by atoms with E-state index >= 15 is 0 Å². The first kappa shape index (κ1) is 14.0. The maximum Gasteiger partial charge on any atom is 0.224 e. The number of aromatic nitrogens is 3. The maximum absolute atomic E-state index is 7.18. The second-order valence-electron chi connectivity index (χ2n) is 4.78. The number of fused-ring (bicyclic) bond motifs is 1. The van der Waals surface area contributed by atoms with Crippen molar-refractivity contribution < 1.29 is 0 Å². The van der Waals surface area contributed by atoms with Gasteiger partial charge in [0.1, 0.15) is 11.3 Å². The molecule has 22 heavy (non-hydrogen) atoms. The average Bonchev–Trinajstić information content (AvgIpc) is 2.97. The van der Waals surface area contributed by atoms with Crippen molar-refractivity contribution in [2.75, 3.05) is 24.2 Å². The van der Waals surface area contributed by atoms with Gasteiger partial charge in [0.05, 0.1) is 5.69 Å². The second-order valence-corrected chi connectivity index (χ2v) is 4.78. The lowest BCUT2D eigenvalue weighted by Gasteiger charge is -2.07. The van der Waals surface area contributed by atoms with Gasteiger partial charge in [0.25, 0.3) is 0 Å². The van der Waals surface area contributed by atoms with Gasteiger partial charge in [-0.15, -0.1) is 0 Å². The lowest BCUT2D eigenvalue weighted by Crippen LogP contribution is -2.01. The van der Waals surface area contributed by atoms with Crippen molar-refractivity contribution in [1.29, 1.82) is 5.53 Å². The summed E-state index contributed by atoms with van der Waals surface area (Å²) in [6, 6.07) is 5.73. The van der Waals surface area contributed by atoms with Crippen LogP contribution in [0.1, 0.15) is 6.92 Å². The number of benzene rings is 1. The molecular formula is C15H17N7. The third-order valence-electron chi connectivity index (χ3n) is 3.46. The van der Waals surface area contributed by atoms with Crippen LogP contribution in [-0.2, 0) is 0 Å². The van der Waals surface area contributed by atoms with E-state index in [1.165, 1.54) is 0 Å². The van der Waals surface area contributed by atoms with E-state index < -0.39 is 0 Å². The molecule has 3 rings (SSSR count). The molecule has 0 fully saturated rings. The van der Waals surface area contributed by atoms with E-state index in [0.29, 0.717) is 11.6 Å². The highest BCUT2D eigenvalue weighted by Crippen LogP contribution is 2.33. The van der Waals surface area contributed by atoms with Crippen molar-refractivity contribution in [2.24, 2.45) is 5.11 Å². The topological polar surface area (TPSA) is 102 Å². The monoisotopic (exact) mass is 295 g/mol. The van der Waals surface area contributed by atoms with Gasteiger partial charge in [-0.1, -0.05) is 6.07 Å². The van der Waals surface area contributed by atoms with Crippen LogP contribution in [0.25, 0.3) is 22.2 Å². The van der Waals surface area contributed by atoms with E-state index in [4.69, 9.17) is 5.53 Å². The molecule has 2 aromatic heterocycles. The van der Waals surface area contributed by atoms with Crippen molar-refractivity contribution in [2.45, 2.75) is 6.92 Å². The molecule has 7 nitrogen and oxygen atoms in total. The smallest absolute Gasteiger partial charge is 0.224 e. The first-order valence-corrected chi connectivity index (χ1v) is 7.04. The Morgan fingerprint density at radius 2 is 2.23 bits per heavy atom. The molecule has 0 aliphatic rings. The Kier molecular flexibility index (Phi) is 3.69. The van der Waals surface area contributed by atoms with Gasteiger partial charge in [-0.25, -0.2) is 10.5 Å². The van der Waals surface area contributed by atoms with E-state index in [2.05, 4.69) is 30.7 Å². The highest BCUT2D eigenvalue weighted by atomic mass is 15.1. The summed E-state index contributed by atoms with van der Waals surface area (Å²) in [5, 5.41) is 10.6. The number of rotatable bonds is 5. The second kappa shape index (κ2) is 5.80. The van der Waals surface area contributed by atoms with E-state index in [0.717, 1.165) is 34.4 Å². The molecule has 0 amide bonds. The predicted molar refractivity (Wildman–Crippen MR) is 87.8 cm³/mol. The molecule has 0 saturated heterocycles. The van der Waals surface area contributed by atoms with Gasteiger partial charge in [0.15, 0.2) is 0 Å². The normalized spacial score (nSPS) is 10.6. The Labute approximate surface area is 127 Å². The molecule has 0 spiro atoms. The Bertz CT molecular complexity index is 822. The van der Waals surface area contributed by atoms with Gasteiger partial charge >= 0.3 is 0 Å². The summed E-state index contributed by atoms with van der Waals surface area (Å²) in [5.74, 6) is 0.614. The fourth-order valence-corrected chi connectivity index (χ4v) is 2.39. The molecule has 1 aromatic carbocycles. The summed E-state index contributed by atoms with van der Waals surface area (Å²) in [6.45, 7) is 2.79. The van der Waals surface area contributed by atoms with Crippen LogP contribution in [0.15, 0.2) is 35.7 Å². The first-order chi connectivity index (χ1) is 10.8. The lowest BCUT2D eigenvalue weighted by atomic mass is 10.1. The summed E-state index contributed by atoms with van der Waals surface area (Å²) >= 11 is 0. The summed E-state index contributed by atoms with van der Waals surface area (Å²) in [4.78, 5) is 12.0. The minimum Gasteiger partial charge on any atom is -0.386 e. The SMILES string of the molecule is CCNc1ncc2c(-c3ccc(N=N)c(NC)c3)c[nH]c2n1. The van der Waals surface area contributed by atoms with Crippen molar-refractivity contribution in [3.8, 4) is 11.1 Å². The Hall–Kier alpha value is -2.96. The predicted octanol–water partition coefficient (Wildman–Crippen LogP) is 3.76. The van der Waals surface area contributed by atoms with E-state index in [-0.39, 0.29) is 0 Å². The molecule has 112 valence electrons. The summed E-state index contributed by atoms with van der Waals surface area (Å²) in [7, 11) is 1.81. The molecule has 0 aliphatic carbocycles. The summed E-state index contributed by atoms with van der Waals surface area (Å²) in [6.07, 6.45) is 3.73. The number of aromatic amines is 1. The molecule has 3 aromatic rings. The molecule has 7 heteroatoms. The Morgan fingerprint density at radius 3 is 2.95 bits per heavy atom. The van der Waals surface area contributed by atoms with E-state index in [9.17, 15) is 0 Å². The number of nitrogens with zero attached hydrogens (tertiary/aromatic N) is 3. The zero-order valence-corrected chi connectivity index (χ0v) is 12.4. The minimum absolute atomic E-state index is 0.608. The van der Waals surface area contributed by atoms with Crippen LogP contribution < -0.4 is 10.6 Å². The molecular weight excluding hydrogens is 278 g/mol. The van der Waals surface area contributed by atoms with Gasteiger partial charge < -0.3 is 15.6 Å². The van der Waals surface area contributed by atoms with Crippen LogP contribution >= 0.6 is 0 Å². The Balaban J connectivity index is 2.08. The van der Waals surface area contributed by atoms with Crippen molar-refractivity contribution in [1.82, 2.24) is 15.0 Å².